The van der Waals surface area contributed by atoms with Crippen molar-refractivity contribution in [2.24, 2.45) is 11.3 Å². The topological polar surface area (TPSA) is 63.7 Å². The van der Waals surface area contributed by atoms with Crippen LogP contribution in [-0.2, 0) is 19.1 Å². The van der Waals surface area contributed by atoms with Crippen molar-refractivity contribution in [2.45, 2.75) is 40.5 Å². The summed E-state index contributed by atoms with van der Waals surface area (Å²) in [5.74, 6) is -0.323. The smallest absolute Gasteiger partial charge is 0.232 e. The predicted molar refractivity (Wildman–Crippen MR) is 70.4 cm³/mol. The Balaban J connectivity index is 2.20. The minimum atomic E-state index is -0.348. The van der Waals surface area contributed by atoms with Gasteiger partial charge in [0.25, 0.3) is 0 Å². The lowest BCUT2D eigenvalue weighted by Crippen LogP contribution is -2.33. The zero-order chi connectivity index (χ0) is 14.6. The van der Waals surface area contributed by atoms with Crippen LogP contribution in [0.2, 0.25) is 0 Å². The van der Waals surface area contributed by atoms with E-state index in [1.807, 2.05) is 20.8 Å². The third kappa shape index (κ3) is 4.42. The highest BCUT2D eigenvalue weighted by Gasteiger charge is 2.34. The van der Waals surface area contributed by atoms with E-state index in [9.17, 15) is 14.4 Å². The molecule has 5 heteroatoms. The lowest BCUT2D eigenvalue weighted by atomic mass is 9.89. The van der Waals surface area contributed by atoms with Crippen LogP contribution in [0, 0.1) is 11.3 Å². The highest BCUT2D eigenvalue weighted by molar-refractivity contribution is 6.03. The molecule has 1 heterocycles. The van der Waals surface area contributed by atoms with Crippen molar-refractivity contribution in [1.29, 1.82) is 0 Å². The molecule has 5 nitrogen and oxygen atoms in total. The molecule has 19 heavy (non-hydrogen) atoms. The number of amides is 2. The van der Waals surface area contributed by atoms with Gasteiger partial charge in [0.15, 0.2) is 0 Å². The second kappa shape index (κ2) is 6.28. The van der Waals surface area contributed by atoms with Crippen molar-refractivity contribution in [3.63, 3.8) is 0 Å². The van der Waals surface area contributed by atoms with Crippen LogP contribution in [0.1, 0.15) is 40.5 Å². The number of Topliss-reactive ketones (excluding diaryl/α,β-unsaturated/α-hetero) is 1. The third-order valence-electron chi connectivity index (χ3n) is 3.24. The molecule has 1 unspecified atom stereocenters. The van der Waals surface area contributed by atoms with E-state index >= 15 is 0 Å². The van der Waals surface area contributed by atoms with E-state index in [2.05, 4.69) is 0 Å². The summed E-state index contributed by atoms with van der Waals surface area (Å²) in [4.78, 5) is 36.0. The van der Waals surface area contributed by atoms with Gasteiger partial charge in [-0.1, -0.05) is 27.7 Å². The van der Waals surface area contributed by atoms with Crippen molar-refractivity contribution in [1.82, 2.24) is 4.90 Å². The number of carbonyl (C=O) groups is 3. The summed E-state index contributed by atoms with van der Waals surface area (Å²) in [5.41, 5.74) is -0.348. The zero-order valence-corrected chi connectivity index (χ0v) is 12.2. The van der Waals surface area contributed by atoms with Gasteiger partial charge in [-0.2, -0.15) is 0 Å². The Morgan fingerprint density at radius 3 is 2.42 bits per heavy atom. The first-order valence-corrected chi connectivity index (χ1v) is 6.68. The highest BCUT2D eigenvalue weighted by atomic mass is 16.5. The summed E-state index contributed by atoms with van der Waals surface area (Å²) < 4.78 is 5.33. The minimum Gasteiger partial charge on any atom is -0.379 e. The van der Waals surface area contributed by atoms with Crippen molar-refractivity contribution in [3.05, 3.63) is 0 Å². The molecule has 1 saturated heterocycles. The van der Waals surface area contributed by atoms with Crippen molar-refractivity contribution in [3.8, 4) is 0 Å². The summed E-state index contributed by atoms with van der Waals surface area (Å²) in [6, 6.07) is 0. The van der Waals surface area contributed by atoms with E-state index < -0.39 is 0 Å². The Labute approximate surface area is 114 Å². The van der Waals surface area contributed by atoms with Gasteiger partial charge in [0.1, 0.15) is 5.78 Å². The molecule has 1 aliphatic heterocycles. The number of ether oxygens (including phenoxy) is 1. The molecule has 0 spiro atoms. The zero-order valence-electron chi connectivity index (χ0n) is 12.2. The average molecular weight is 269 g/mol. The fourth-order valence-corrected chi connectivity index (χ4v) is 1.88. The normalized spacial score (nSPS) is 20.2. The van der Waals surface area contributed by atoms with Crippen LogP contribution in [0.25, 0.3) is 0 Å². The second-order valence-corrected chi connectivity index (χ2v) is 6.02. The molecule has 1 fully saturated rings. The van der Waals surface area contributed by atoms with Crippen molar-refractivity contribution < 1.29 is 19.1 Å². The SMILES string of the molecule is CC1CC(=O)N(CCOCCC(=O)C(C)(C)C)C1=O. The number of rotatable bonds is 6. The molecule has 0 bridgehead atoms. The largest absolute Gasteiger partial charge is 0.379 e. The Morgan fingerprint density at radius 1 is 1.32 bits per heavy atom. The van der Waals surface area contributed by atoms with E-state index in [0.717, 1.165) is 0 Å². The van der Waals surface area contributed by atoms with Crippen LogP contribution < -0.4 is 0 Å². The average Bonchev–Trinajstić information content (AvgIpc) is 2.53. The predicted octanol–water partition coefficient (Wildman–Crippen LogP) is 1.40. The van der Waals surface area contributed by atoms with E-state index in [-0.39, 0.29) is 35.5 Å². The van der Waals surface area contributed by atoms with Gasteiger partial charge in [0.2, 0.25) is 11.8 Å². The third-order valence-corrected chi connectivity index (χ3v) is 3.24. The molecule has 1 rings (SSSR count). The van der Waals surface area contributed by atoms with Gasteiger partial charge in [-0.15, -0.1) is 0 Å². The van der Waals surface area contributed by atoms with Crippen LogP contribution >= 0.6 is 0 Å². The van der Waals surface area contributed by atoms with E-state index in [4.69, 9.17) is 4.74 Å². The molecule has 1 aliphatic rings. The standard InChI is InChI=1S/C14H23NO4/c1-10-9-12(17)15(13(10)18)6-8-19-7-5-11(16)14(2,3)4/h10H,5-9H2,1-4H3. The lowest BCUT2D eigenvalue weighted by Gasteiger charge is -2.17. The highest BCUT2D eigenvalue weighted by Crippen LogP contribution is 2.18. The fourth-order valence-electron chi connectivity index (χ4n) is 1.88. The van der Waals surface area contributed by atoms with E-state index in [0.29, 0.717) is 26.1 Å². The Hall–Kier alpha value is -1.23. The van der Waals surface area contributed by atoms with Gasteiger partial charge in [0.05, 0.1) is 19.8 Å². The van der Waals surface area contributed by atoms with Gasteiger partial charge in [-0.3, -0.25) is 19.3 Å². The number of likely N-dealkylation sites (tertiary alicyclic amines) is 1. The molecule has 0 aromatic carbocycles. The number of carbonyl (C=O) groups excluding carboxylic acids is 3. The van der Waals surface area contributed by atoms with Gasteiger partial charge < -0.3 is 4.74 Å². The fraction of sp³-hybridized carbons (Fsp3) is 0.786. The quantitative estimate of drug-likeness (QED) is 0.540. The number of ketones is 1. The molecule has 0 aromatic rings. The molecule has 108 valence electrons. The van der Waals surface area contributed by atoms with Gasteiger partial charge in [-0.05, 0) is 0 Å². The molecular formula is C14H23NO4. The maximum absolute atomic E-state index is 11.6. The molecule has 0 saturated carbocycles. The van der Waals surface area contributed by atoms with Crippen LogP contribution in [0.15, 0.2) is 0 Å². The van der Waals surface area contributed by atoms with Crippen LogP contribution in [0.4, 0.5) is 0 Å². The molecule has 0 aliphatic carbocycles. The summed E-state index contributed by atoms with van der Waals surface area (Å²) in [6.07, 6.45) is 0.656. The van der Waals surface area contributed by atoms with Gasteiger partial charge in [-0.25, -0.2) is 0 Å². The molecule has 0 aromatic heterocycles. The van der Waals surface area contributed by atoms with E-state index in [1.54, 1.807) is 6.92 Å². The van der Waals surface area contributed by atoms with Crippen molar-refractivity contribution in [2.75, 3.05) is 19.8 Å². The summed E-state index contributed by atoms with van der Waals surface area (Å²) in [5, 5.41) is 0. The van der Waals surface area contributed by atoms with Gasteiger partial charge >= 0.3 is 0 Å². The molecule has 0 radical (unpaired) electrons. The molecule has 2 amide bonds. The monoisotopic (exact) mass is 269 g/mol. The molecule has 1 atom stereocenters. The summed E-state index contributed by atoms with van der Waals surface area (Å²) in [7, 11) is 0. The van der Waals surface area contributed by atoms with Gasteiger partial charge in [0, 0.05) is 24.2 Å². The van der Waals surface area contributed by atoms with Crippen molar-refractivity contribution >= 4 is 17.6 Å². The first-order valence-electron chi connectivity index (χ1n) is 6.68. The Kier molecular flexibility index (Phi) is 5.23. The first-order chi connectivity index (χ1) is 8.73. The number of hydrogen-bond acceptors (Lipinski definition) is 4. The summed E-state index contributed by atoms with van der Waals surface area (Å²) >= 11 is 0. The first kappa shape index (κ1) is 15.8. The Bertz CT molecular complexity index is 370. The van der Waals surface area contributed by atoms with Crippen LogP contribution in [-0.4, -0.2) is 42.3 Å². The minimum absolute atomic E-state index is 0.126. The molecular weight excluding hydrogens is 246 g/mol. The van der Waals surface area contributed by atoms with Crippen LogP contribution in [0.5, 0.6) is 0 Å². The number of imide groups is 1. The maximum Gasteiger partial charge on any atom is 0.232 e. The van der Waals surface area contributed by atoms with E-state index in [1.165, 1.54) is 4.90 Å². The Morgan fingerprint density at radius 2 is 1.95 bits per heavy atom. The lowest BCUT2D eigenvalue weighted by molar-refractivity contribution is -0.140. The maximum atomic E-state index is 11.6. The number of nitrogens with zero attached hydrogens (tertiary/aromatic N) is 1. The summed E-state index contributed by atoms with van der Waals surface area (Å²) in [6.45, 7) is 8.28. The second-order valence-electron chi connectivity index (χ2n) is 6.02. The molecule has 0 N–H and O–H groups in total. The number of hydrogen-bond donors (Lipinski definition) is 0. The van der Waals surface area contributed by atoms with Crippen LogP contribution in [0.3, 0.4) is 0 Å².